The summed E-state index contributed by atoms with van der Waals surface area (Å²) in [6, 6.07) is 0. The van der Waals surface area contributed by atoms with Crippen molar-refractivity contribution in [3.8, 4) is 0 Å². The minimum atomic E-state index is 0.155. The molecule has 0 saturated carbocycles. The van der Waals surface area contributed by atoms with E-state index in [1.165, 1.54) is 0 Å². The van der Waals surface area contributed by atoms with Crippen LogP contribution >= 0.6 is 0 Å². The van der Waals surface area contributed by atoms with Crippen LogP contribution in [0.1, 0.15) is 40.5 Å². The molecule has 0 bridgehead atoms. The Balaban J connectivity index is 3.77. The van der Waals surface area contributed by atoms with Crippen LogP contribution in [0.25, 0.3) is 0 Å². The summed E-state index contributed by atoms with van der Waals surface area (Å²) in [6.45, 7) is 16.5. The molecule has 1 atom stereocenters. The van der Waals surface area contributed by atoms with Crippen molar-refractivity contribution in [2.24, 2.45) is 11.3 Å². The van der Waals surface area contributed by atoms with Crippen molar-refractivity contribution in [1.82, 2.24) is 5.32 Å². The Labute approximate surface area is 101 Å². The molecule has 0 aromatic rings. The Bertz CT molecular complexity index is 180. The van der Waals surface area contributed by atoms with E-state index < -0.39 is 0 Å². The third-order valence-electron chi connectivity index (χ3n) is 2.74. The van der Waals surface area contributed by atoms with Crippen LogP contribution in [0.5, 0.6) is 0 Å². The van der Waals surface area contributed by atoms with E-state index >= 15 is 0 Å². The van der Waals surface area contributed by atoms with Crippen molar-refractivity contribution < 1.29 is 4.74 Å². The first-order valence-corrected chi connectivity index (χ1v) is 6.46. The van der Waals surface area contributed by atoms with E-state index in [9.17, 15) is 0 Å². The smallest absolute Gasteiger partial charge is 0.0474 e. The number of nitrogens with one attached hydrogen (secondary N) is 1. The van der Waals surface area contributed by atoms with Gasteiger partial charge in [0.05, 0.1) is 0 Å². The highest BCUT2D eigenvalue weighted by molar-refractivity contribution is 4.93. The molecule has 0 aromatic carbocycles. The Morgan fingerprint density at radius 2 is 2.06 bits per heavy atom. The van der Waals surface area contributed by atoms with Crippen LogP contribution in [0.4, 0.5) is 0 Å². The lowest BCUT2D eigenvalue weighted by Crippen LogP contribution is -2.33. The number of hydrogen-bond donors (Lipinski definition) is 1. The van der Waals surface area contributed by atoms with Gasteiger partial charge in [0.15, 0.2) is 0 Å². The molecule has 0 saturated heterocycles. The maximum absolute atomic E-state index is 5.53. The topological polar surface area (TPSA) is 21.3 Å². The fraction of sp³-hybridized carbons (Fsp3) is 0.857. The van der Waals surface area contributed by atoms with Gasteiger partial charge in [-0.05, 0) is 30.7 Å². The van der Waals surface area contributed by atoms with Gasteiger partial charge < -0.3 is 10.1 Å². The predicted octanol–water partition coefficient (Wildman–Crippen LogP) is 3.24. The third-order valence-corrected chi connectivity index (χ3v) is 2.74. The minimum Gasteiger partial charge on any atom is -0.381 e. The lowest BCUT2D eigenvalue weighted by Gasteiger charge is -2.26. The highest BCUT2D eigenvalue weighted by atomic mass is 16.5. The van der Waals surface area contributed by atoms with E-state index in [4.69, 9.17) is 4.74 Å². The molecular formula is C14H29NO. The zero-order valence-electron chi connectivity index (χ0n) is 11.5. The molecule has 0 radical (unpaired) electrons. The molecule has 0 rings (SSSR count). The maximum Gasteiger partial charge on any atom is 0.0474 e. The molecule has 0 aliphatic heterocycles. The Kier molecular flexibility index (Phi) is 8.58. The van der Waals surface area contributed by atoms with Crippen molar-refractivity contribution in [1.29, 1.82) is 0 Å². The zero-order valence-corrected chi connectivity index (χ0v) is 11.5. The first-order valence-electron chi connectivity index (χ1n) is 6.46. The first kappa shape index (κ1) is 15.7. The summed E-state index contributed by atoms with van der Waals surface area (Å²) >= 11 is 0. The van der Waals surface area contributed by atoms with Crippen LogP contribution in [-0.4, -0.2) is 26.3 Å². The summed E-state index contributed by atoms with van der Waals surface area (Å²) in [7, 11) is 0. The monoisotopic (exact) mass is 227 g/mol. The Morgan fingerprint density at radius 3 is 2.56 bits per heavy atom. The second kappa shape index (κ2) is 8.77. The van der Waals surface area contributed by atoms with Crippen LogP contribution in [0.15, 0.2) is 12.7 Å². The fourth-order valence-electron chi connectivity index (χ4n) is 1.46. The lowest BCUT2D eigenvalue weighted by molar-refractivity contribution is 0.110. The number of hydrogen-bond acceptors (Lipinski definition) is 2. The molecule has 0 aromatic heterocycles. The van der Waals surface area contributed by atoms with Crippen LogP contribution < -0.4 is 5.32 Å². The molecule has 1 N–H and O–H groups in total. The second-order valence-electron chi connectivity index (χ2n) is 5.25. The van der Waals surface area contributed by atoms with Gasteiger partial charge in [-0.3, -0.25) is 0 Å². The Morgan fingerprint density at radius 1 is 1.38 bits per heavy atom. The minimum absolute atomic E-state index is 0.155. The molecular weight excluding hydrogens is 198 g/mol. The highest BCUT2D eigenvalue weighted by Crippen LogP contribution is 2.21. The average molecular weight is 227 g/mol. The molecule has 0 spiro atoms. The molecule has 0 aliphatic rings. The van der Waals surface area contributed by atoms with Gasteiger partial charge in [0.25, 0.3) is 0 Å². The normalized spacial score (nSPS) is 15.1. The molecule has 2 heteroatoms. The predicted molar refractivity (Wildman–Crippen MR) is 71.7 cm³/mol. The van der Waals surface area contributed by atoms with E-state index in [0.29, 0.717) is 5.92 Å². The van der Waals surface area contributed by atoms with Crippen molar-refractivity contribution in [2.75, 3.05) is 26.3 Å². The number of rotatable bonds is 10. The summed E-state index contributed by atoms with van der Waals surface area (Å²) in [6.07, 6.45) is 4.19. The zero-order chi connectivity index (χ0) is 12.4. The van der Waals surface area contributed by atoms with E-state index in [0.717, 1.165) is 39.1 Å². The molecule has 0 amide bonds. The van der Waals surface area contributed by atoms with Crippen molar-refractivity contribution in [3.05, 3.63) is 12.7 Å². The van der Waals surface area contributed by atoms with E-state index in [2.05, 4.69) is 45.7 Å². The van der Waals surface area contributed by atoms with Crippen molar-refractivity contribution in [2.45, 2.75) is 40.5 Å². The van der Waals surface area contributed by atoms with Crippen LogP contribution in [0.2, 0.25) is 0 Å². The largest absolute Gasteiger partial charge is 0.381 e. The van der Waals surface area contributed by atoms with Crippen LogP contribution in [-0.2, 0) is 4.74 Å². The summed E-state index contributed by atoms with van der Waals surface area (Å²) in [5.74, 6) is 0.699. The van der Waals surface area contributed by atoms with Gasteiger partial charge in [0, 0.05) is 19.8 Å². The van der Waals surface area contributed by atoms with E-state index in [1.54, 1.807) is 0 Å². The molecule has 0 heterocycles. The standard InChI is InChI=1S/C14H29NO/c1-6-9-16-10-8-14(5,7-2)12-15-11-13(3)4/h7,13,15H,2,6,8-12H2,1,3-5H3. The maximum atomic E-state index is 5.53. The van der Waals surface area contributed by atoms with Crippen LogP contribution in [0, 0.1) is 11.3 Å². The van der Waals surface area contributed by atoms with Gasteiger partial charge in [-0.2, -0.15) is 0 Å². The lowest BCUT2D eigenvalue weighted by atomic mass is 9.87. The van der Waals surface area contributed by atoms with E-state index in [-0.39, 0.29) is 5.41 Å². The molecule has 0 aliphatic carbocycles. The van der Waals surface area contributed by atoms with Gasteiger partial charge in [-0.25, -0.2) is 0 Å². The van der Waals surface area contributed by atoms with Gasteiger partial charge in [0.1, 0.15) is 0 Å². The molecule has 0 fully saturated rings. The molecule has 1 unspecified atom stereocenters. The summed E-state index contributed by atoms with van der Waals surface area (Å²) < 4.78 is 5.53. The van der Waals surface area contributed by atoms with Gasteiger partial charge >= 0.3 is 0 Å². The van der Waals surface area contributed by atoms with Gasteiger partial charge in [0.2, 0.25) is 0 Å². The third kappa shape index (κ3) is 7.89. The Hall–Kier alpha value is -0.340. The summed E-state index contributed by atoms with van der Waals surface area (Å²) in [5, 5.41) is 3.49. The summed E-state index contributed by atoms with van der Waals surface area (Å²) in [5.41, 5.74) is 0.155. The molecule has 96 valence electrons. The highest BCUT2D eigenvalue weighted by Gasteiger charge is 2.19. The average Bonchev–Trinajstić information content (AvgIpc) is 2.24. The fourth-order valence-corrected chi connectivity index (χ4v) is 1.46. The molecule has 16 heavy (non-hydrogen) atoms. The first-order chi connectivity index (χ1) is 7.54. The van der Waals surface area contributed by atoms with Crippen molar-refractivity contribution in [3.63, 3.8) is 0 Å². The summed E-state index contributed by atoms with van der Waals surface area (Å²) in [4.78, 5) is 0. The SMILES string of the molecule is C=CC(C)(CCOCCC)CNCC(C)C. The quantitative estimate of drug-likeness (QED) is 0.457. The van der Waals surface area contributed by atoms with Gasteiger partial charge in [-0.15, -0.1) is 6.58 Å². The van der Waals surface area contributed by atoms with Crippen LogP contribution in [0.3, 0.4) is 0 Å². The van der Waals surface area contributed by atoms with E-state index in [1.807, 2.05) is 0 Å². The molecule has 2 nitrogen and oxygen atoms in total. The number of ether oxygens (including phenoxy) is 1. The van der Waals surface area contributed by atoms with Gasteiger partial charge in [-0.1, -0.05) is 33.8 Å². The van der Waals surface area contributed by atoms with Crippen molar-refractivity contribution >= 4 is 0 Å². The second-order valence-corrected chi connectivity index (χ2v) is 5.25.